The molecule has 3 nitrogen and oxygen atoms in total. The number of aryl methyl sites for hydroxylation is 2. The van der Waals surface area contributed by atoms with Gasteiger partial charge in [0.25, 0.3) is 0 Å². The van der Waals surface area contributed by atoms with E-state index in [1.165, 1.54) is 5.69 Å². The molecule has 1 rings (SSSR count). The molecule has 1 aromatic heterocycles. The fraction of sp³-hybridized carbons (Fsp3) is 0.700. The van der Waals surface area contributed by atoms with Crippen molar-refractivity contribution in [3.05, 3.63) is 18.0 Å². The Morgan fingerprint density at radius 3 is 2.69 bits per heavy atom. The Bertz CT molecular complexity index is 252. The van der Waals surface area contributed by atoms with Crippen LogP contribution in [0.4, 0.5) is 0 Å². The van der Waals surface area contributed by atoms with Crippen LogP contribution in [0, 0.1) is 5.92 Å². The van der Waals surface area contributed by atoms with Gasteiger partial charge in [0.15, 0.2) is 0 Å². The van der Waals surface area contributed by atoms with Gasteiger partial charge in [-0.15, -0.1) is 0 Å². The van der Waals surface area contributed by atoms with Crippen LogP contribution in [-0.4, -0.2) is 15.8 Å². The van der Waals surface area contributed by atoms with E-state index in [2.05, 4.69) is 25.0 Å². The normalized spacial score (nSPS) is 15.7. The lowest BCUT2D eigenvalue weighted by Crippen LogP contribution is -2.24. The van der Waals surface area contributed by atoms with E-state index in [0.29, 0.717) is 5.92 Å². The molecule has 74 valence electrons. The van der Waals surface area contributed by atoms with Crippen LogP contribution in [0.2, 0.25) is 0 Å². The molecule has 0 saturated heterocycles. The summed E-state index contributed by atoms with van der Waals surface area (Å²) in [7, 11) is 1.98. The van der Waals surface area contributed by atoms with E-state index in [0.717, 1.165) is 12.8 Å². The smallest absolute Gasteiger partial charge is 0.0492 e. The minimum Gasteiger partial charge on any atom is -0.328 e. The molecule has 2 atom stereocenters. The van der Waals surface area contributed by atoms with Crippen molar-refractivity contribution in [2.45, 2.75) is 32.7 Å². The van der Waals surface area contributed by atoms with Crippen molar-refractivity contribution < 1.29 is 0 Å². The maximum atomic E-state index is 5.79. The van der Waals surface area contributed by atoms with Gasteiger partial charge in [-0.2, -0.15) is 5.10 Å². The van der Waals surface area contributed by atoms with Crippen molar-refractivity contribution in [3.63, 3.8) is 0 Å². The van der Waals surface area contributed by atoms with Gasteiger partial charge in [0.1, 0.15) is 0 Å². The zero-order valence-corrected chi connectivity index (χ0v) is 8.70. The molecular formula is C10H19N3. The van der Waals surface area contributed by atoms with Gasteiger partial charge in [-0.05, 0) is 31.7 Å². The topological polar surface area (TPSA) is 43.8 Å². The Balaban J connectivity index is 2.39. The molecule has 1 heterocycles. The predicted molar refractivity (Wildman–Crippen MR) is 54.3 cm³/mol. The highest BCUT2D eigenvalue weighted by Gasteiger charge is 2.08. The molecule has 0 aliphatic heterocycles. The average molecular weight is 181 g/mol. The Kier molecular flexibility index (Phi) is 3.48. The molecule has 0 fully saturated rings. The maximum Gasteiger partial charge on any atom is 0.0492 e. The van der Waals surface area contributed by atoms with E-state index < -0.39 is 0 Å². The second-order valence-electron chi connectivity index (χ2n) is 3.82. The van der Waals surface area contributed by atoms with Gasteiger partial charge in [0, 0.05) is 25.0 Å². The summed E-state index contributed by atoms with van der Waals surface area (Å²) in [6.45, 7) is 4.26. The molecule has 0 aliphatic rings. The first-order chi connectivity index (χ1) is 6.11. The summed E-state index contributed by atoms with van der Waals surface area (Å²) in [4.78, 5) is 0. The highest BCUT2D eigenvalue weighted by atomic mass is 15.2. The number of hydrogen-bond donors (Lipinski definition) is 1. The summed E-state index contributed by atoms with van der Waals surface area (Å²) >= 11 is 0. The van der Waals surface area contributed by atoms with Crippen LogP contribution in [0.5, 0.6) is 0 Å². The largest absolute Gasteiger partial charge is 0.328 e. The molecule has 0 amide bonds. The van der Waals surface area contributed by atoms with Gasteiger partial charge in [0.05, 0.1) is 0 Å². The monoisotopic (exact) mass is 181 g/mol. The van der Waals surface area contributed by atoms with Crippen LogP contribution in [0.1, 0.15) is 26.0 Å². The van der Waals surface area contributed by atoms with Crippen molar-refractivity contribution in [2.24, 2.45) is 18.7 Å². The first kappa shape index (κ1) is 10.3. The number of rotatable bonds is 4. The van der Waals surface area contributed by atoms with E-state index >= 15 is 0 Å². The minimum atomic E-state index is 0.285. The Morgan fingerprint density at radius 1 is 1.54 bits per heavy atom. The summed E-state index contributed by atoms with van der Waals surface area (Å²) in [5.41, 5.74) is 7.08. The van der Waals surface area contributed by atoms with E-state index in [9.17, 15) is 0 Å². The molecule has 0 aromatic carbocycles. The van der Waals surface area contributed by atoms with Crippen LogP contribution in [0.3, 0.4) is 0 Å². The Hall–Kier alpha value is -0.830. The van der Waals surface area contributed by atoms with Crippen molar-refractivity contribution in [2.75, 3.05) is 0 Å². The van der Waals surface area contributed by atoms with E-state index in [1.54, 1.807) is 0 Å². The van der Waals surface area contributed by atoms with Gasteiger partial charge in [-0.3, -0.25) is 4.68 Å². The molecule has 3 heteroatoms. The van der Waals surface area contributed by atoms with Crippen LogP contribution in [-0.2, 0) is 13.5 Å². The highest BCUT2D eigenvalue weighted by Crippen LogP contribution is 2.10. The quantitative estimate of drug-likeness (QED) is 0.761. The Morgan fingerprint density at radius 2 is 2.23 bits per heavy atom. The molecule has 0 saturated carbocycles. The third kappa shape index (κ3) is 2.84. The lowest BCUT2D eigenvalue weighted by Gasteiger charge is -2.14. The molecule has 1 aromatic rings. The van der Waals surface area contributed by atoms with Crippen molar-refractivity contribution in [3.8, 4) is 0 Å². The number of hydrogen-bond acceptors (Lipinski definition) is 2. The van der Waals surface area contributed by atoms with Gasteiger partial charge in [-0.1, -0.05) is 6.92 Å². The third-order valence-corrected chi connectivity index (χ3v) is 2.68. The molecule has 0 aliphatic carbocycles. The van der Waals surface area contributed by atoms with Gasteiger partial charge < -0.3 is 5.73 Å². The van der Waals surface area contributed by atoms with Crippen LogP contribution in [0.15, 0.2) is 12.3 Å². The Labute approximate surface area is 79.9 Å². The summed E-state index contributed by atoms with van der Waals surface area (Å²) in [6, 6.07) is 2.35. The lowest BCUT2D eigenvalue weighted by atomic mass is 9.98. The fourth-order valence-corrected chi connectivity index (χ4v) is 1.28. The van der Waals surface area contributed by atoms with Gasteiger partial charge in [-0.25, -0.2) is 0 Å². The molecule has 13 heavy (non-hydrogen) atoms. The van der Waals surface area contributed by atoms with Crippen molar-refractivity contribution in [1.29, 1.82) is 0 Å². The van der Waals surface area contributed by atoms with Crippen LogP contribution in [0.25, 0.3) is 0 Å². The molecule has 0 radical (unpaired) electrons. The first-order valence-corrected chi connectivity index (χ1v) is 4.83. The van der Waals surface area contributed by atoms with Gasteiger partial charge >= 0.3 is 0 Å². The van der Waals surface area contributed by atoms with Crippen molar-refractivity contribution in [1.82, 2.24) is 9.78 Å². The van der Waals surface area contributed by atoms with E-state index in [4.69, 9.17) is 5.73 Å². The highest BCUT2D eigenvalue weighted by molar-refractivity contribution is 5.00. The molecule has 2 unspecified atom stereocenters. The standard InChI is InChI=1S/C10H19N3/c1-8(9(2)11)4-5-10-6-7-12-13(10)3/h6-9H,4-5,11H2,1-3H3. The van der Waals surface area contributed by atoms with E-state index in [1.807, 2.05) is 17.9 Å². The second-order valence-corrected chi connectivity index (χ2v) is 3.82. The minimum absolute atomic E-state index is 0.285. The average Bonchev–Trinajstić information content (AvgIpc) is 2.47. The fourth-order valence-electron chi connectivity index (χ4n) is 1.28. The maximum absolute atomic E-state index is 5.79. The molecule has 0 spiro atoms. The van der Waals surface area contributed by atoms with Crippen LogP contribution >= 0.6 is 0 Å². The first-order valence-electron chi connectivity index (χ1n) is 4.83. The second kappa shape index (κ2) is 4.42. The van der Waals surface area contributed by atoms with E-state index in [-0.39, 0.29) is 6.04 Å². The molecule has 2 N–H and O–H groups in total. The predicted octanol–water partition coefficient (Wildman–Crippen LogP) is 1.34. The molecule has 0 bridgehead atoms. The zero-order valence-electron chi connectivity index (χ0n) is 8.70. The number of aromatic nitrogens is 2. The number of nitrogens with zero attached hydrogens (tertiary/aromatic N) is 2. The van der Waals surface area contributed by atoms with Gasteiger partial charge in [0.2, 0.25) is 0 Å². The summed E-state index contributed by atoms with van der Waals surface area (Å²) < 4.78 is 1.92. The third-order valence-electron chi connectivity index (χ3n) is 2.68. The number of nitrogens with two attached hydrogens (primary N) is 1. The lowest BCUT2D eigenvalue weighted by molar-refractivity contribution is 0.445. The zero-order chi connectivity index (χ0) is 9.84. The summed E-state index contributed by atoms with van der Waals surface area (Å²) in [5, 5.41) is 4.12. The summed E-state index contributed by atoms with van der Waals surface area (Å²) in [5.74, 6) is 0.579. The molecular weight excluding hydrogens is 162 g/mol. The SMILES string of the molecule is CC(N)C(C)CCc1ccnn1C. The van der Waals surface area contributed by atoms with Crippen LogP contribution < -0.4 is 5.73 Å². The summed E-state index contributed by atoms with van der Waals surface area (Å²) in [6.07, 6.45) is 4.04. The van der Waals surface area contributed by atoms with Crippen molar-refractivity contribution >= 4 is 0 Å².